The van der Waals surface area contributed by atoms with E-state index in [1.54, 1.807) is 7.11 Å². The van der Waals surface area contributed by atoms with Crippen molar-refractivity contribution in [2.24, 2.45) is 0 Å². The molecule has 150 valence electrons. The summed E-state index contributed by atoms with van der Waals surface area (Å²) in [6, 6.07) is 14.7. The van der Waals surface area contributed by atoms with Crippen molar-refractivity contribution in [3.05, 3.63) is 65.4 Å². The lowest BCUT2D eigenvalue weighted by atomic mass is 9.87. The lowest BCUT2D eigenvalue weighted by Gasteiger charge is -2.34. The van der Waals surface area contributed by atoms with E-state index in [0.29, 0.717) is 11.8 Å². The molecule has 0 spiro atoms. The van der Waals surface area contributed by atoms with Crippen molar-refractivity contribution in [3.8, 4) is 5.75 Å². The summed E-state index contributed by atoms with van der Waals surface area (Å²) in [5.41, 5.74) is 4.68. The van der Waals surface area contributed by atoms with Gasteiger partial charge in [0, 0.05) is 30.2 Å². The first-order chi connectivity index (χ1) is 14.1. The fourth-order valence-electron chi connectivity index (χ4n) is 4.98. The summed E-state index contributed by atoms with van der Waals surface area (Å²) in [5, 5.41) is 1.24. The Morgan fingerprint density at radius 3 is 2.62 bits per heavy atom. The highest BCUT2D eigenvalue weighted by molar-refractivity contribution is 5.91. The Hall–Kier alpha value is -2.75. The predicted octanol–water partition coefficient (Wildman–Crippen LogP) is 4.92. The van der Waals surface area contributed by atoms with Crippen LogP contribution in [0.4, 0.5) is 0 Å². The van der Waals surface area contributed by atoms with Crippen LogP contribution in [0, 0.1) is 6.92 Å². The van der Waals surface area contributed by atoms with Crippen LogP contribution in [0.3, 0.4) is 0 Å². The number of carbonyl (C=O) groups is 1. The van der Waals surface area contributed by atoms with Gasteiger partial charge in [-0.25, -0.2) is 0 Å². The number of nitrogens with one attached hydrogen (secondary N) is 1. The molecule has 0 radical (unpaired) electrons. The molecule has 1 amide bonds. The topological polar surface area (TPSA) is 45.3 Å². The van der Waals surface area contributed by atoms with Gasteiger partial charge in [-0.3, -0.25) is 4.79 Å². The number of amides is 1. The zero-order chi connectivity index (χ0) is 20.0. The van der Waals surface area contributed by atoms with Gasteiger partial charge < -0.3 is 14.6 Å². The molecule has 3 aromatic rings. The second-order valence-corrected chi connectivity index (χ2v) is 8.67. The second-order valence-electron chi connectivity index (χ2n) is 8.67. The van der Waals surface area contributed by atoms with Crippen LogP contribution in [0.15, 0.2) is 48.7 Å². The van der Waals surface area contributed by atoms with Crippen molar-refractivity contribution >= 4 is 16.8 Å². The summed E-state index contributed by atoms with van der Waals surface area (Å²) in [6.45, 7) is 3.78. The number of aromatic nitrogens is 1. The van der Waals surface area contributed by atoms with E-state index in [4.69, 9.17) is 4.74 Å². The molecule has 2 aliphatic rings. The molecule has 4 nitrogen and oxygen atoms in total. The summed E-state index contributed by atoms with van der Waals surface area (Å²) in [7, 11) is 1.71. The number of carbonyl (C=O) groups excluding carboxylic acids is 1. The number of aromatic amines is 1. The number of rotatable bonds is 4. The summed E-state index contributed by atoms with van der Waals surface area (Å²) < 4.78 is 5.41. The fourth-order valence-corrected chi connectivity index (χ4v) is 4.98. The minimum absolute atomic E-state index is 0.257. The third-order valence-corrected chi connectivity index (χ3v) is 6.87. The Bertz CT molecular complexity index is 1060. The van der Waals surface area contributed by atoms with E-state index in [1.807, 2.05) is 6.07 Å². The predicted molar refractivity (Wildman–Crippen MR) is 115 cm³/mol. The van der Waals surface area contributed by atoms with Crippen LogP contribution in [0.2, 0.25) is 0 Å². The third kappa shape index (κ3) is 3.11. The van der Waals surface area contributed by atoms with E-state index in [1.165, 1.54) is 22.1 Å². The number of hydrogen-bond acceptors (Lipinski definition) is 2. The van der Waals surface area contributed by atoms with Gasteiger partial charge in [-0.05, 0) is 67.9 Å². The first kappa shape index (κ1) is 18.3. The van der Waals surface area contributed by atoms with Crippen molar-refractivity contribution in [3.63, 3.8) is 0 Å². The molecule has 0 bridgehead atoms. The molecule has 1 aliphatic carbocycles. The maximum Gasteiger partial charge on any atom is 0.233 e. The van der Waals surface area contributed by atoms with Crippen LogP contribution >= 0.6 is 0 Å². The van der Waals surface area contributed by atoms with Crippen molar-refractivity contribution in [1.29, 1.82) is 0 Å². The van der Waals surface area contributed by atoms with Gasteiger partial charge in [-0.15, -0.1) is 0 Å². The number of ether oxygens (including phenoxy) is 1. The number of piperidine rings is 1. The molecule has 1 saturated carbocycles. The zero-order valence-electron chi connectivity index (χ0n) is 17.2. The quantitative estimate of drug-likeness (QED) is 0.689. The summed E-state index contributed by atoms with van der Waals surface area (Å²) in [5.74, 6) is 1.70. The number of benzene rings is 2. The molecule has 1 saturated heterocycles. The first-order valence-electron chi connectivity index (χ1n) is 10.6. The smallest absolute Gasteiger partial charge is 0.233 e. The van der Waals surface area contributed by atoms with Gasteiger partial charge in [0.15, 0.2) is 0 Å². The minimum atomic E-state index is -0.257. The van der Waals surface area contributed by atoms with Crippen LogP contribution < -0.4 is 4.74 Å². The molecule has 1 N–H and O–H groups in total. The molecule has 2 fully saturated rings. The van der Waals surface area contributed by atoms with Crippen molar-refractivity contribution < 1.29 is 9.53 Å². The van der Waals surface area contributed by atoms with Crippen LogP contribution in [0.25, 0.3) is 10.9 Å². The van der Waals surface area contributed by atoms with Gasteiger partial charge in [0.25, 0.3) is 0 Å². The number of aryl methyl sites for hydroxylation is 1. The Kier molecular flexibility index (Phi) is 4.38. The largest absolute Gasteiger partial charge is 0.497 e. The fraction of sp³-hybridized carbons (Fsp3) is 0.400. The first-order valence-corrected chi connectivity index (χ1v) is 10.6. The number of fused-ring (bicyclic) bond motifs is 1. The van der Waals surface area contributed by atoms with Crippen LogP contribution in [0.1, 0.15) is 48.3 Å². The average molecular weight is 389 g/mol. The molecule has 0 unspecified atom stereocenters. The van der Waals surface area contributed by atoms with Gasteiger partial charge in [0.2, 0.25) is 5.91 Å². The normalized spacial score (nSPS) is 18.8. The standard InChI is InChI=1S/C25H28N2O2/c1-17-4-3-5-19(14-17)25(10-11-25)24(28)27-12-8-18(9-13-27)22-16-26-23-7-6-20(29-2)15-21(22)23/h3-7,14-16,18,26H,8-13H2,1-2H3. The monoisotopic (exact) mass is 388 g/mol. The van der Waals surface area contributed by atoms with Crippen LogP contribution in [-0.4, -0.2) is 36.0 Å². The van der Waals surface area contributed by atoms with Crippen LogP contribution in [-0.2, 0) is 10.2 Å². The van der Waals surface area contributed by atoms with E-state index < -0.39 is 0 Å². The third-order valence-electron chi connectivity index (χ3n) is 6.87. The Morgan fingerprint density at radius 1 is 1.14 bits per heavy atom. The molecule has 2 aromatic carbocycles. The molecule has 1 aliphatic heterocycles. The van der Waals surface area contributed by atoms with Crippen molar-refractivity contribution in [1.82, 2.24) is 9.88 Å². The lowest BCUT2D eigenvalue weighted by molar-refractivity contribution is -0.135. The average Bonchev–Trinajstić information content (AvgIpc) is 3.47. The number of hydrogen-bond donors (Lipinski definition) is 1. The number of H-pyrrole nitrogens is 1. The molecule has 1 aromatic heterocycles. The van der Waals surface area contributed by atoms with E-state index >= 15 is 0 Å². The summed E-state index contributed by atoms with van der Waals surface area (Å²) in [6.07, 6.45) is 6.13. The molecule has 2 heterocycles. The van der Waals surface area contributed by atoms with Crippen LogP contribution in [0.5, 0.6) is 5.75 Å². The van der Waals surface area contributed by atoms with E-state index in [9.17, 15) is 4.79 Å². The van der Waals surface area contributed by atoms with Gasteiger partial charge in [0.1, 0.15) is 5.75 Å². The Morgan fingerprint density at radius 2 is 1.93 bits per heavy atom. The highest BCUT2D eigenvalue weighted by Crippen LogP contribution is 2.50. The SMILES string of the molecule is COc1ccc2[nH]cc(C3CCN(C(=O)C4(c5cccc(C)c5)CC4)CC3)c2c1. The number of nitrogens with zero attached hydrogens (tertiary/aromatic N) is 1. The zero-order valence-corrected chi connectivity index (χ0v) is 17.2. The van der Waals surface area contributed by atoms with E-state index in [2.05, 4.69) is 59.4 Å². The second kappa shape index (κ2) is 6.94. The molecule has 5 rings (SSSR count). The highest BCUT2D eigenvalue weighted by atomic mass is 16.5. The van der Waals surface area contributed by atoms with Gasteiger partial charge >= 0.3 is 0 Å². The minimum Gasteiger partial charge on any atom is -0.497 e. The van der Waals surface area contributed by atoms with E-state index in [-0.39, 0.29) is 5.41 Å². The van der Waals surface area contributed by atoms with Gasteiger partial charge in [-0.2, -0.15) is 0 Å². The van der Waals surface area contributed by atoms with E-state index in [0.717, 1.165) is 50.0 Å². The summed E-state index contributed by atoms with van der Waals surface area (Å²) in [4.78, 5) is 18.9. The number of methoxy groups -OCH3 is 1. The van der Waals surface area contributed by atoms with Gasteiger partial charge in [0.05, 0.1) is 12.5 Å². The maximum absolute atomic E-state index is 13.4. The molecular weight excluding hydrogens is 360 g/mol. The molecule has 4 heteroatoms. The molecular formula is C25H28N2O2. The highest BCUT2D eigenvalue weighted by Gasteiger charge is 2.53. The van der Waals surface area contributed by atoms with Crippen molar-refractivity contribution in [2.45, 2.75) is 43.9 Å². The molecule has 0 atom stereocenters. The maximum atomic E-state index is 13.4. The molecule has 29 heavy (non-hydrogen) atoms. The number of likely N-dealkylation sites (tertiary alicyclic amines) is 1. The Balaban J connectivity index is 1.31. The lowest BCUT2D eigenvalue weighted by Crippen LogP contribution is -2.43. The Labute approximate surface area is 171 Å². The van der Waals surface area contributed by atoms with Gasteiger partial charge in [-0.1, -0.05) is 29.8 Å². The summed E-state index contributed by atoms with van der Waals surface area (Å²) >= 11 is 0. The van der Waals surface area contributed by atoms with Crippen molar-refractivity contribution in [2.75, 3.05) is 20.2 Å².